The summed E-state index contributed by atoms with van der Waals surface area (Å²) in [4.78, 5) is 7.52. The van der Waals surface area contributed by atoms with Gasteiger partial charge in [-0.05, 0) is 31.0 Å². The summed E-state index contributed by atoms with van der Waals surface area (Å²) in [6, 6.07) is 4.31. The van der Waals surface area contributed by atoms with E-state index in [-0.39, 0.29) is 1.43 Å². The molecule has 0 bridgehead atoms. The van der Waals surface area contributed by atoms with Crippen LogP contribution in [0.15, 0.2) is 18.3 Å². The van der Waals surface area contributed by atoms with Gasteiger partial charge in [0.15, 0.2) is 0 Å². The van der Waals surface area contributed by atoms with Crippen molar-refractivity contribution in [3.8, 4) is 0 Å². The maximum atomic E-state index is 4.32. The van der Waals surface area contributed by atoms with Gasteiger partial charge in [0, 0.05) is 18.7 Å². The van der Waals surface area contributed by atoms with E-state index in [1.165, 1.54) is 23.1 Å². The smallest absolute Gasteiger partial charge is 0.137 e. The number of pyridine rings is 1. The lowest BCUT2D eigenvalue weighted by molar-refractivity contribution is 1.09. The number of hydrogen-bond donors (Lipinski definition) is 1. The minimum Gasteiger partial charge on any atom is -0.344 e. The van der Waals surface area contributed by atoms with E-state index < -0.39 is 0 Å². The zero-order chi connectivity index (χ0) is 11.3. The van der Waals surface area contributed by atoms with Gasteiger partial charge in [0.25, 0.3) is 0 Å². The third kappa shape index (κ3) is 3.08. The fraction of sp³-hybridized carbons (Fsp3) is 0.462. The standard InChI is InChI=1S/C10H12N2.C3H8.H2/c1-3-8-5-9-4-7(2)12-10(9)11-6-8;1-3-2;/h4-6H,3H2,1-2H3,(H,11,12);3H2,1-2H3;1H. The topological polar surface area (TPSA) is 28.7 Å². The summed E-state index contributed by atoms with van der Waals surface area (Å²) < 4.78 is 0. The molecule has 2 heteroatoms. The van der Waals surface area contributed by atoms with Crippen molar-refractivity contribution in [2.75, 3.05) is 0 Å². The molecule has 0 aliphatic heterocycles. The van der Waals surface area contributed by atoms with Gasteiger partial charge in [-0.3, -0.25) is 0 Å². The highest BCUT2D eigenvalue weighted by atomic mass is 14.8. The summed E-state index contributed by atoms with van der Waals surface area (Å²) in [5, 5.41) is 1.21. The Morgan fingerprint density at radius 3 is 2.53 bits per heavy atom. The summed E-state index contributed by atoms with van der Waals surface area (Å²) >= 11 is 0. The van der Waals surface area contributed by atoms with Gasteiger partial charge < -0.3 is 4.98 Å². The Labute approximate surface area is 93.2 Å². The largest absolute Gasteiger partial charge is 0.344 e. The molecule has 2 heterocycles. The summed E-state index contributed by atoms with van der Waals surface area (Å²) in [5.74, 6) is 0. The number of aryl methyl sites for hydroxylation is 2. The molecule has 0 saturated heterocycles. The van der Waals surface area contributed by atoms with E-state index in [9.17, 15) is 0 Å². The van der Waals surface area contributed by atoms with Crippen molar-refractivity contribution < 1.29 is 1.43 Å². The van der Waals surface area contributed by atoms with Crippen molar-refractivity contribution >= 4 is 11.0 Å². The number of nitrogens with zero attached hydrogens (tertiary/aromatic N) is 1. The number of aromatic nitrogens is 2. The van der Waals surface area contributed by atoms with Crippen molar-refractivity contribution in [1.29, 1.82) is 0 Å². The van der Waals surface area contributed by atoms with Gasteiger partial charge in [-0.2, -0.15) is 0 Å². The Morgan fingerprint density at radius 1 is 1.27 bits per heavy atom. The van der Waals surface area contributed by atoms with Gasteiger partial charge in [0.1, 0.15) is 5.65 Å². The lowest BCUT2D eigenvalue weighted by Gasteiger charge is -1.93. The average Bonchev–Trinajstić information content (AvgIpc) is 2.57. The predicted octanol–water partition coefficient (Wildman–Crippen LogP) is 4.10. The molecule has 1 N–H and O–H groups in total. The molecule has 2 rings (SSSR count). The second-order valence-corrected chi connectivity index (χ2v) is 3.79. The molecule has 2 aromatic rings. The van der Waals surface area contributed by atoms with Crippen LogP contribution in [0.1, 0.15) is 39.9 Å². The van der Waals surface area contributed by atoms with Gasteiger partial charge in [0.2, 0.25) is 0 Å². The Morgan fingerprint density at radius 2 is 1.93 bits per heavy atom. The summed E-state index contributed by atoms with van der Waals surface area (Å²) in [5.41, 5.74) is 3.46. The van der Waals surface area contributed by atoms with E-state index in [2.05, 4.69) is 42.9 Å². The quantitative estimate of drug-likeness (QED) is 0.747. The summed E-state index contributed by atoms with van der Waals surface area (Å²) in [7, 11) is 0. The average molecular weight is 206 g/mol. The van der Waals surface area contributed by atoms with Crippen molar-refractivity contribution in [3.05, 3.63) is 29.6 Å². The van der Waals surface area contributed by atoms with Gasteiger partial charge in [-0.25, -0.2) is 4.98 Å². The molecule has 15 heavy (non-hydrogen) atoms. The fourth-order valence-corrected chi connectivity index (χ4v) is 1.39. The highest BCUT2D eigenvalue weighted by Crippen LogP contribution is 2.14. The molecule has 0 unspecified atom stereocenters. The van der Waals surface area contributed by atoms with Gasteiger partial charge >= 0.3 is 0 Å². The van der Waals surface area contributed by atoms with E-state index in [4.69, 9.17) is 0 Å². The van der Waals surface area contributed by atoms with Crippen molar-refractivity contribution in [2.24, 2.45) is 0 Å². The number of aromatic amines is 1. The van der Waals surface area contributed by atoms with Crippen LogP contribution in [0.5, 0.6) is 0 Å². The lowest BCUT2D eigenvalue weighted by Crippen LogP contribution is -1.82. The molecule has 0 aliphatic carbocycles. The molecule has 0 saturated carbocycles. The molecule has 84 valence electrons. The highest BCUT2D eigenvalue weighted by Gasteiger charge is 1.98. The van der Waals surface area contributed by atoms with Crippen LogP contribution in [-0.2, 0) is 6.42 Å². The molecule has 0 radical (unpaired) electrons. The highest BCUT2D eigenvalue weighted by molar-refractivity contribution is 5.76. The Balaban J connectivity index is 0.000000511. The second kappa shape index (κ2) is 5.54. The molecule has 2 aromatic heterocycles. The minimum atomic E-state index is 0. The zero-order valence-electron chi connectivity index (χ0n) is 10.1. The predicted molar refractivity (Wildman–Crippen MR) is 68.3 cm³/mol. The number of rotatable bonds is 1. The molecule has 0 spiro atoms. The first-order valence-electron chi connectivity index (χ1n) is 5.65. The van der Waals surface area contributed by atoms with Crippen LogP contribution in [0.4, 0.5) is 0 Å². The van der Waals surface area contributed by atoms with Crippen LogP contribution >= 0.6 is 0 Å². The Hall–Kier alpha value is -1.31. The number of nitrogens with one attached hydrogen (secondary N) is 1. The van der Waals surface area contributed by atoms with E-state index in [1.54, 1.807) is 0 Å². The minimum absolute atomic E-state index is 0. The lowest BCUT2D eigenvalue weighted by atomic mass is 10.2. The molecule has 0 aromatic carbocycles. The molecular formula is C13H22N2. The van der Waals surface area contributed by atoms with Crippen LogP contribution in [0, 0.1) is 6.92 Å². The van der Waals surface area contributed by atoms with Crippen molar-refractivity contribution in [1.82, 2.24) is 9.97 Å². The van der Waals surface area contributed by atoms with E-state index in [0.29, 0.717) is 0 Å². The zero-order valence-corrected chi connectivity index (χ0v) is 10.1. The second-order valence-electron chi connectivity index (χ2n) is 3.79. The third-order valence-corrected chi connectivity index (χ3v) is 2.07. The Bertz CT molecular complexity index is 421. The third-order valence-electron chi connectivity index (χ3n) is 2.07. The first-order chi connectivity index (χ1) is 7.21. The van der Waals surface area contributed by atoms with Crippen molar-refractivity contribution in [2.45, 2.75) is 40.5 Å². The van der Waals surface area contributed by atoms with Gasteiger partial charge in [-0.1, -0.05) is 27.2 Å². The van der Waals surface area contributed by atoms with Crippen LogP contribution < -0.4 is 0 Å². The molecule has 0 fully saturated rings. The molecule has 0 aliphatic rings. The normalized spacial score (nSPS) is 9.87. The van der Waals surface area contributed by atoms with Crippen molar-refractivity contribution in [3.63, 3.8) is 0 Å². The molecular weight excluding hydrogens is 184 g/mol. The molecule has 0 atom stereocenters. The van der Waals surface area contributed by atoms with E-state index >= 15 is 0 Å². The maximum Gasteiger partial charge on any atom is 0.137 e. The Kier molecular flexibility index (Phi) is 4.35. The van der Waals surface area contributed by atoms with Crippen LogP contribution in [0.25, 0.3) is 11.0 Å². The number of H-pyrrole nitrogens is 1. The molecule has 0 amide bonds. The first-order valence-corrected chi connectivity index (χ1v) is 5.65. The van der Waals surface area contributed by atoms with Gasteiger partial charge in [0.05, 0.1) is 0 Å². The van der Waals surface area contributed by atoms with Gasteiger partial charge in [-0.15, -0.1) is 0 Å². The number of hydrogen-bond acceptors (Lipinski definition) is 1. The fourth-order valence-electron chi connectivity index (χ4n) is 1.39. The van der Waals surface area contributed by atoms with E-state index in [0.717, 1.165) is 12.1 Å². The SMILES string of the molecule is CCC.CCc1cnc2[nH]c(C)cc2c1.[HH]. The van der Waals surface area contributed by atoms with E-state index in [1.807, 2.05) is 13.1 Å². The monoisotopic (exact) mass is 206 g/mol. The van der Waals surface area contributed by atoms with Crippen LogP contribution in [0.2, 0.25) is 0 Å². The van der Waals surface area contributed by atoms with Crippen LogP contribution in [-0.4, -0.2) is 9.97 Å². The summed E-state index contributed by atoms with van der Waals surface area (Å²) in [6.45, 7) is 8.44. The first kappa shape index (κ1) is 11.8. The van der Waals surface area contributed by atoms with Crippen LogP contribution in [0.3, 0.4) is 0 Å². The number of fused-ring (bicyclic) bond motifs is 1. The molecule has 2 nitrogen and oxygen atoms in total. The maximum absolute atomic E-state index is 4.32. The summed E-state index contributed by atoms with van der Waals surface area (Å²) in [6.07, 6.45) is 4.23.